The van der Waals surface area contributed by atoms with E-state index in [9.17, 15) is 0 Å². The first-order chi connectivity index (χ1) is 7.83. The van der Waals surface area contributed by atoms with Crippen LogP contribution in [0.2, 0.25) is 5.02 Å². The second-order valence-electron chi connectivity index (χ2n) is 5.04. The second kappa shape index (κ2) is 4.21. The van der Waals surface area contributed by atoms with Gasteiger partial charge >= 0.3 is 0 Å². The third kappa shape index (κ3) is 1.88. The van der Waals surface area contributed by atoms with Crippen LogP contribution < -0.4 is 5.32 Å². The van der Waals surface area contributed by atoms with Gasteiger partial charge in [0, 0.05) is 6.54 Å². The first-order valence-corrected chi connectivity index (χ1v) is 6.40. The third-order valence-electron chi connectivity index (χ3n) is 4.08. The average molecular weight is 238 g/mol. The molecule has 1 N–H and O–H groups in total. The lowest BCUT2D eigenvalue weighted by molar-refractivity contribution is 0.348. The van der Waals surface area contributed by atoms with Crippen LogP contribution in [0.4, 0.5) is 5.82 Å². The minimum Gasteiger partial charge on any atom is -0.368 e. The maximum Gasteiger partial charge on any atom is 0.148 e. The Bertz CT molecular complexity index is 382. The van der Waals surface area contributed by atoms with Crippen LogP contribution in [0.5, 0.6) is 0 Å². The summed E-state index contributed by atoms with van der Waals surface area (Å²) in [6.45, 7) is 1.01. The predicted molar refractivity (Wildman–Crippen MR) is 64.5 cm³/mol. The number of fused-ring (bicyclic) bond motifs is 2. The quantitative estimate of drug-likeness (QED) is 0.878. The van der Waals surface area contributed by atoms with Gasteiger partial charge in [-0.3, -0.25) is 0 Å². The normalized spacial score (nSPS) is 31.9. The maximum atomic E-state index is 6.00. The molecule has 0 aromatic carbocycles. The van der Waals surface area contributed by atoms with E-state index >= 15 is 0 Å². The standard InChI is InChI=1S/C12H16ClN3/c13-11-6-14-7-16-12(11)15-5-10-4-8-1-2-9(10)3-8/h6-10H,1-5H2,(H,14,15,16). The van der Waals surface area contributed by atoms with Crippen LogP contribution in [0.3, 0.4) is 0 Å². The van der Waals surface area contributed by atoms with Gasteiger partial charge in [-0.15, -0.1) is 0 Å². The molecule has 0 amide bonds. The van der Waals surface area contributed by atoms with Crippen molar-refractivity contribution in [2.75, 3.05) is 11.9 Å². The van der Waals surface area contributed by atoms with Crippen LogP contribution in [0.15, 0.2) is 12.5 Å². The van der Waals surface area contributed by atoms with E-state index in [1.807, 2.05) is 0 Å². The van der Waals surface area contributed by atoms with Gasteiger partial charge in [0.25, 0.3) is 0 Å². The summed E-state index contributed by atoms with van der Waals surface area (Å²) in [5, 5.41) is 3.97. The molecule has 0 aliphatic heterocycles. The zero-order valence-electron chi connectivity index (χ0n) is 9.19. The number of anilines is 1. The van der Waals surface area contributed by atoms with E-state index in [0.717, 1.165) is 30.1 Å². The summed E-state index contributed by atoms with van der Waals surface area (Å²) >= 11 is 6.00. The van der Waals surface area contributed by atoms with Crippen molar-refractivity contribution < 1.29 is 0 Å². The monoisotopic (exact) mass is 237 g/mol. The number of nitrogens with one attached hydrogen (secondary N) is 1. The molecular weight excluding hydrogens is 222 g/mol. The van der Waals surface area contributed by atoms with Crippen molar-refractivity contribution in [2.45, 2.75) is 25.7 Å². The summed E-state index contributed by atoms with van der Waals surface area (Å²) in [6.07, 6.45) is 8.89. The number of nitrogens with zero attached hydrogens (tertiary/aromatic N) is 2. The molecule has 4 heteroatoms. The summed E-state index contributed by atoms with van der Waals surface area (Å²) in [4.78, 5) is 8.03. The fourth-order valence-electron chi connectivity index (χ4n) is 3.30. The molecule has 2 aliphatic rings. The molecule has 1 aromatic heterocycles. The van der Waals surface area contributed by atoms with Crippen LogP contribution in [0.1, 0.15) is 25.7 Å². The molecule has 16 heavy (non-hydrogen) atoms. The van der Waals surface area contributed by atoms with E-state index in [-0.39, 0.29) is 0 Å². The van der Waals surface area contributed by atoms with E-state index in [4.69, 9.17) is 11.6 Å². The largest absolute Gasteiger partial charge is 0.368 e. The Balaban J connectivity index is 1.59. The first-order valence-electron chi connectivity index (χ1n) is 6.02. The Labute approximate surface area is 101 Å². The number of aromatic nitrogens is 2. The van der Waals surface area contributed by atoms with Crippen molar-refractivity contribution in [1.82, 2.24) is 9.97 Å². The molecule has 3 atom stereocenters. The lowest BCUT2D eigenvalue weighted by atomic mass is 9.89. The van der Waals surface area contributed by atoms with Crippen molar-refractivity contribution in [3.63, 3.8) is 0 Å². The molecular formula is C12H16ClN3. The second-order valence-corrected chi connectivity index (χ2v) is 5.44. The Morgan fingerprint density at radius 1 is 1.38 bits per heavy atom. The molecule has 0 saturated heterocycles. The third-order valence-corrected chi connectivity index (χ3v) is 4.36. The van der Waals surface area contributed by atoms with Gasteiger partial charge in [0.2, 0.25) is 0 Å². The summed E-state index contributed by atoms with van der Waals surface area (Å²) in [7, 11) is 0. The number of halogens is 1. The van der Waals surface area contributed by atoms with Gasteiger partial charge in [0.05, 0.1) is 6.20 Å². The lowest BCUT2D eigenvalue weighted by Crippen LogP contribution is -2.20. The highest BCUT2D eigenvalue weighted by atomic mass is 35.5. The van der Waals surface area contributed by atoms with Gasteiger partial charge in [-0.25, -0.2) is 9.97 Å². The van der Waals surface area contributed by atoms with Gasteiger partial charge < -0.3 is 5.32 Å². The molecule has 1 aromatic rings. The summed E-state index contributed by atoms with van der Waals surface area (Å²) in [6, 6.07) is 0. The van der Waals surface area contributed by atoms with E-state index < -0.39 is 0 Å². The minimum absolute atomic E-state index is 0.616. The topological polar surface area (TPSA) is 37.8 Å². The molecule has 3 unspecified atom stereocenters. The van der Waals surface area contributed by atoms with E-state index in [0.29, 0.717) is 5.02 Å². The van der Waals surface area contributed by atoms with Crippen LogP contribution in [-0.4, -0.2) is 16.5 Å². The molecule has 3 rings (SSSR count). The fraction of sp³-hybridized carbons (Fsp3) is 0.667. The van der Waals surface area contributed by atoms with E-state index in [1.165, 1.54) is 32.0 Å². The van der Waals surface area contributed by atoms with Crippen LogP contribution in [0.25, 0.3) is 0 Å². The molecule has 2 fully saturated rings. The molecule has 3 nitrogen and oxygen atoms in total. The SMILES string of the molecule is Clc1cncnc1NCC1CC2CCC1C2. The highest BCUT2D eigenvalue weighted by molar-refractivity contribution is 6.32. The molecule has 1 heterocycles. The first kappa shape index (κ1) is 10.3. The molecule has 0 radical (unpaired) electrons. The van der Waals surface area contributed by atoms with Crippen LogP contribution >= 0.6 is 11.6 Å². The molecule has 2 saturated carbocycles. The van der Waals surface area contributed by atoms with E-state index in [1.54, 1.807) is 6.20 Å². The maximum absolute atomic E-state index is 6.00. The highest BCUT2D eigenvalue weighted by Crippen LogP contribution is 2.48. The number of hydrogen-bond acceptors (Lipinski definition) is 3. The molecule has 0 spiro atoms. The smallest absolute Gasteiger partial charge is 0.148 e. The van der Waals surface area contributed by atoms with Crippen molar-refractivity contribution in [3.8, 4) is 0 Å². The lowest BCUT2D eigenvalue weighted by Gasteiger charge is -2.22. The van der Waals surface area contributed by atoms with Crippen molar-refractivity contribution in [1.29, 1.82) is 0 Å². The van der Waals surface area contributed by atoms with Crippen LogP contribution in [-0.2, 0) is 0 Å². The summed E-state index contributed by atoms with van der Waals surface area (Å²) in [5.74, 6) is 3.54. The Kier molecular flexibility index (Phi) is 2.72. The van der Waals surface area contributed by atoms with Gasteiger partial charge in [-0.05, 0) is 37.0 Å². The Morgan fingerprint density at radius 2 is 2.31 bits per heavy atom. The van der Waals surface area contributed by atoms with Crippen molar-refractivity contribution >= 4 is 17.4 Å². The molecule has 2 aliphatic carbocycles. The Morgan fingerprint density at radius 3 is 3.00 bits per heavy atom. The average Bonchev–Trinajstić information content (AvgIpc) is 2.90. The van der Waals surface area contributed by atoms with Crippen molar-refractivity contribution in [3.05, 3.63) is 17.5 Å². The zero-order valence-corrected chi connectivity index (χ0v) is 9.95. The number of hydrogen-bond donors (Lipinski definition) is 1. The van der Waals surface area contributed by atoms with Crippen molar-refractivity contribution in [2.24, 2.45) is 17.8 Å². The summed E-state index contributed by atoms with van der Waals surface area (Å²) in [5.41, 5.74) is 0. The van der Waals surface area contributed by atoms with E-state index in [2.05, 4.69) is 15.3 Å². The number of rotatable bonds is 3. The molecule has 86 valence electrons. The Hall–Kier alpha value is -0.830. The van der Waals surface area contributed by atoms with Gasteiger partial charge in [-0.1, -0.05) is 18.0 Å². The summed E-state index contributed by atoms with van der Waals surface area (Å²) < 4.78 is 0. The fourth-order valence-corrected chi connectivity index (χ4v) is 3.47. The van der Waals surface area contributed by atoms with Gasteiger partial charge in [-0.2, -0.15) is 0 Å². The van der Waals surface area contributed by atoms with Gasteiger partial charge in [0.1, 0.15) is 17.2 Å². The van der Waals surface area contributed by atoms with Gasteiger partial charge in [0.15, 0.2) is 0 Å². The zero-order chi connectivity index (χ0) is 11.0. The molecule has 2 bridgehead atoms. The highest BCUT2D eigenvalue weighted by Gasteiger charge is 2.39. The minimum atomic E-state index is 0.616. The van der Waals surface area contributed by atoms with Crippen LogP contribution in [0, 0.1) is 17.8 Å². The predicted octanol–water partition coefficient (Wildman–Crippen LogP) is 2.98.